The molecule has 34 heavy (non-hydrogen) atoms. The fourth-order valence-corrected chi connectivity index (χ4v) is 5.62. The summed E-state index contributed by atoms with van der Waals surface area (Å²) in [5.41, 5.74) is 6.82. The third-order valence-corrected chi connectivity index (χ3v) is 7.33. The number of hydrogen-bond acceptors (Lipinski definition) is 9. The van der Waals surface area contributed by atoms with Crippen molar-refractivity contribution in [1.82, 2.24) is 23.9 Å². The Morgan fingerprint density at radius 2 is 2.15 bits per heavy atom. The first-order valence-corrected chi connectivity index (χ1v) is 12.2. The standard InChI is InChI=1S/C20H19N6O6PS/c21-12(27)8-34-20-23-13-16(26(20)18-14(28)15-11(31-18)7-30-33-32-15)24-19-22-10(6-25(19)17(13)29)9-4-2-1-3-5-9/h1-6,11,14-15,18,28,33H,7-8H2,(H2,21,27)(H,22,24). The van der Waals surface area contributed by atoms with E-state index in [1.807, 2.05) is 30.3 Å². The number of nitrogens with two attached hydrogens (primary N) is 1. The highest BCUT2D eigenvalue weighted by molar-refractivity contribution is 7.99. The van der Waals surface area contributed by atoms with Crippen molar-refractivity contribution in [3.63, 3.8) is 0 Å². The maximum absolute atomic E-state index is 13.4. The van der Waals surface area contributed by atoms with Crippen LogP contribution >= 0.6 is 20.8 Å². The molecule has 3 aromatic heterocycles. The molecule has 176 valence electrons. The quantitative estimate of drug-likeness (QED) is 0.265. The first-order valence-electron chi connectivity index (χ1n) is 10.4. The highest BCUT2D eigenvalue weighted by Crippen LogP contribution is 2.41. The van der Waals surface area contributed by atoms with Crippen LogP contribution in [0.25, 0.3) is 28.2 Å². The molecule has 0 bridgehead atoms. The Labute approximate surface area is 197 Å². The Kier molecular flexibility index (Phi) is 5.40. The molecule has 0 radical (unpaired) electrons. The average molecular weight is 502 g/mol. The zero-order valence-corrected chi connectivity index (χ0v) is 19.3. The van der Waals surface area contributed by atoms with Crippen molar-refractivity contribution in [2.45, 2.75) is 29.7 Å². The SMILES string of the molecule is NC(=O)CSc1nc2c(=O)n3cc(-c4ccccc4)[nH]c3nc2n1C1OC2COPOC2C1O. The number of aliphatic hydroxyl groups excluding tert-OH is 1. The van der Waals surface area contributed by atoms with E-state index in [1.165, 1.54) is 8.97 Å². The predicted molar refractivity (Wildman–Crippen MR) is 124 cm³/mol. The van der Waals surface area contributed by atoms with Gasteiger partial charge in [-0.05, 0) is 5.56 Å². The number of aromatic nitrogens is 5. The van der Waals surface area contributed by atoms with E-state index in [9.17, 15) is 14.7 Å². The van der Waals surface area contributed by atoms with Crippen molar-refractivity contribution in [3.05, 3.63) is 46.9 Å². The molecule has 5 atom stereocenters. The Balaban J connectivity index is 1.52. The highest BCUT2D eigenvalue weighted by atomic mass is 32.2. The highest BCUT2D eigenvalue weighted by Gasteiger charge is 2.48. The third-order valence-electron chi connectivity index (χ3n) is 5.70. The minimum Gasteiger partial charge on any atom is -0.386 e. The minimum absolute atomic E-state index is 0.0721. The van der Waals surface area contributed by atoms with Gasteiger partial charge in [0.25, 0.3) is 5.56 Å². The van der Waals surface area contributed by atoms with Gasteiger partial charge in [0.1, 0.15) is 18.3 Å². The van der Waals surface area contributed by atoms with Gasteiger partial charge in [-0.1, -0.05) is 42.1 Å². The fourth-order valence-electron chi connectivity index (χ4n) is 4.16. The number of imidazole rings is 2. The van der Waals surface area contributed by atoms with E-state index in [4.69, 9.17) is 19.5 Å². The molecule has 0 saturated carbocycles. The largest absolute Gasteiger partial charge is 0.386 e. The normalized spacial score (nSPS) is 25.3. The molecule has 1 amide bonds. The van der Waals surface area contributed by atoms with Gasteiger partial charge in [-0.25, -0.2) is 9.38 Å². The Morgan fingerprint density at radius 1 is 1.32 bits per heavy atom. The molecular weight excluding hydrogens is 483 g/mol. The summed E-state index contributed by atoms with van der Waals surface area (Å²) < 4.78 is 19.8. The number of carbonyl (C=O) groups is 1. The van der Waals surface area contributed by atoms with E-state index in [2.05, 4.69) is 15.0 Å². The van der Waals surface area contributed by atoms with E-state index in [0.717, 1.165) is 17.3 Å². The number of nitrogens with zero attached hydrogens (tertiary/aromatic N) is 4. The molecule has 0 spiro atoms. The predicted octanol–water partition coefficient (Wildman–Crippen LogP) is 0.799. The number of benzene rings is 1. The van der Waals surface area contributed by atoms with E-state index in [-0.39, 0.29) is 37.7 Å². The summed E-state index contributed by atoms with van der Waals surface area (Å²) in [4.78, 5) is 37.1. The van der Waals surface area contributed by atoms with Crippen molar-refractivity contribution < 1.29 is 23.7 Å². The van der Waals surface area contributed by atoms with Gasteiger partial charge in [0.2, 0.25) is 11.7 Å². The molecule has 5 unspecified atom stereocenters. The maximum Gasteiger partial charge on any atom is 0.287 e. The van der Waals surface area contributed by atoms with Gasteiger partial charge in [-0.2, -0.15) is 4.98 Å². The number of thioether (sulfide) groups is 1. The van der Waals surface area contributed by atoms with Crippen LogP contribution in [-0.4, -0.2) is 65.6 Å². The first-order chi connectivity index (χ1) is 16.5. The van der Waals surface area contributed by atoms with Crippen molar-refractivity contribution in [2.24, 2.45) is 5.73 Å². The van der Waals surface area contributed by atoms with Gasteiger partial charge in [0.05, 0.1) is 18.1 Å². The number of ether oxygens (including phenoxy) is 1. The van der Waals surface area contributed by atoms with Crippen molar-refractivity contribution in [3.8, 4) is 11.3 Å². The van der Waals surface area contributed by atoms with Crippen LogP contribution in [0, 0.1) is 0 Å². The maximum atomic E-state index is 13.4. The molecule has 12 nitrogen and oxygen atoms in total. The third kappa shape index (κ3) is 3.52. The summed E-state index contributed by atoms with van der Waals surface area (Å²) in [6.45, 7) is 0.268. The van der Waals surface area contributed by atoms with Gasteiger partial charge >= 0.3 is 0 Å². The lowest BCUT2D eigenvalue weighted by atomic mass is 10.1. The van der Waals surface area contributed by atoms with E-state index >= 15 is 0 Å². The monoisotopic (exact) mass is 502 g/mol. The summed E-state index contributed by atoms with van der Waals surface area (Å²) in [5.74, 6) is -0.320. The number of aromatic amines is 1. The van der Waals surface area contributed by atoms with Crippen LogP contribution < -0.4 is 11.3 Å². The molecule has 6 rings (SSSR count). The molecule has 2 saturated heterocycles. The van der Waals surface area contributed by atoms with Crippen LogP contribution in [0.3, 0.4) is 0 Å². The Hall–Kier alpha value is -2.80. The van der Waals surface area contributed by atoms with Crippen LogP contribution in [0.5, 0.6) is 0 Å². The summed E-state index contributed by atoms with van der Waals surface area (Å²) in [7, 11) is -0.200. The Morgan fingerprint density at radius 3 is 2.91 bits per heavy atom. The van der Waals surface area contributed by atoms with E-state index in [1.54, 1.807) is 6.20 Å². The number of fused-ring (bicyclic) bond motifs is 3. The molecular formula is C20H19N6O6PS. The first kappa shape index (κ1) is 21.7. The lowest BCUT2D eigenvalue weighted by molar-refractivity contribution is -0.115. The zero-order chi connectivity index (χ0) is 23.4. The number of nitrogens with one attached hydrogen (secondary N) is 1. The number of rotatable bonds is 5. The minimum atomic E-state index is -1.06. The average Bonchev–Trinajstić information content (AvgIpc) is 3.52. The number of hydrogen-bond donors (Lipinski definition) is 3. The summed E-state index contributed by atoms with van der Waals surface area (Å²) in [6, 6.07) is 9.54. The lowest BCUT2D eigenvalue weighted by Crippen LogP contribution is -2.37. The Bertz CT molecular complexity index is 1450. The van der Waals surface area contributed by atoms with Crippen LogP contribution in [0.15, 0.2) is 46.5 Å². The van der Waals surface area contributed by atoms with Gasteiger partial charge in [0.15, 0.2) is 31.6 Å². The molecule has 4 N–H and O–H groups in total. The van der Waals surface area contributed by atoms with Crippen LogP contribution in [-0.2, 0) is 18.6 Å². The van der Waals surface area contributed by atoms with Gasteiger partial charge in [0, 0.05) is 6.20 Å². The number of amides is 1. The number of primary amides is 1. The molecule has 4 aromatic rings. The van der Waals surface area contributed by atoms with Crippen molar-refractivity contribution in [1.29, 1.82) is 0 Å². The summed E-state index contributed by atoms with van der Waals surface area (Å²) >= 11 is 1.04. The molecule has 0 aliphatic carbocycles. The molecule has 2 aliphatic heterocycles. The number of aliphatic hydroxyl groups is 1. The van der Waals surface area contributed by atoms with Crippen molar-refractivity contribution in [2.75, 3.05) is 12.4 Å². The second-order valence-corrected chi connectivity index (χ2v) is 9.50. The van der Waals surface area contributed by atoms with Gasteiger partial charge in [-0.3, -0.25) is 14.2 Å². The van der Waals surface area contributed by atoms with Gasteiger partial charge < -0.3 is 29.6 Å². The van der Waals surface area contributed by atoms with Crippen LogP contribution in [0.1, 0.15) is 6.23 Å². The van der Waals surface area contributed by atoms with Crippen LogP contribution in [0.2, 0.25) is 0 Å². The number of H-pyrrole nitrogens is 1. The van der Waals surface area contributed by atoms with Crippen LogP contribution in [0.4, 0.5) is 0 Å². The molecule has 14 heteroatoms. The smallest absolute Gasteiger partial charge is 0.287 e. The molecule has 2 fully saturated rings. The van der Waals surface area contributed by atoms with E-state index < -0.39 is 36.0 Å². The molecule has 2 aliphatic rings. The second-order valence-electron chi connectivity index (χ2n) is 7.87. The number of carbonyl (C=O) groups excluding carboxylic acids is 1. The summed E-state index contributed by atoms with van der Waals surface area (Å²) in [5, 5.41) is 11.3. The summed E-state index contributed by atoms with van der Waals surface area (Å²) in [6.07, 6.45) is -1.43. The fraction of sp³-hybridized carbons (Fsp3) is 0.300. The molecule has 5 heterocycles. The van der Waals surface area contributed by atoms with Crippen molar-refractivity contribution >= 4 is 43.6 Å². The van der Waals surface area contributed by atoms with E-state index in [0.29, 0.717) is 11.5 Å². The van der Waals surface area contributed by atoms with Gasteiger partial charge in [-0.15, -0.1) is 0 Å². The molecule has 1 aromatic carbocycles. The topological polar surface area (TPSA) is 159 Å². The second kappa shape index (κ2) is 8.45. The zero-order valence-electron chi connectivity index (χ0n) is 17.5. The lowest BCUT2D eigenvalue weighted by Gasteiger charge is -2.24.